The monoisotopic (exact) mass is 458 g/mol. The third-order valence-electron chi connectivity index (χ3n) is 5.75. The van der Waals surface area contributed by atoms with E-state index >= 15 is 0 Å². The van der Waals surface area contributed by atoms with Gasteiger partial charge < -0.3 is 24.8 Å². The van der Waals surface area contributed by atoms with Gasteiger partial charge in [0.1, 0.15) is 18.8 Å². The lowest BCUT2D eigenvalue weighted by atomic mass is 9.91. The van der Waals surface area contributed by atoms with Gasteiger partial charge in [0.05, 0.1) is 19.8 Å². The standard InChI is InChI=1S/C26H50O6/c1-20(2)9-6-10-21(3)11-7-12-22(4)13-8-14-23(5)15-26(30)32-19-25(29)18-31-17-24(28)16-27/h15,20-22,24-25,27-29H,6-14,16-19H2,1-5H3. The Morgan fingerprint density at radius 2 is 1.34 bits per heavy atom. The highest BCUT2D eigenvalue weighted by Crippen LogP contribution is 2.22. The third-order valence-corrected chi connectivity index (χ3v) is 5.75. The maximum absolute atomic E-state index is 11.9. The minimum atomic E-state index is -0.971. The Morgan fingerprint density at radius 3 is 1.91 bits per heavy atom. The van der Waals surface area contributed by atoms with Gasteiger partial charge in [-0.25, -0.2) is 4.79 Å². The average Bonchev–Trinajstić information content (AvgIpc) is 2.71. The topological polar surface area (TPSA) is 96.2 Å². The number of esters is 1. The molecule has 0 aromatic rings. The Labute approximate surface area is 196 Å². The van der Waals surface area contributed by atoms with Crippen molar-refractivity contribution in [2.24, 2.45) is 17.8 Å². The maximum atomic E-state index is 11.9. The molecule has 6 heteroatoms. The molecule has 0 saturated heterocycles. The molecule has 0 bridgehead atoms. The molecular weight excluding hydrogens is 408 g/mol. The SMILES string of the molecule is CC(=CC(=O)OCC(O)COCC(O)CO)CCCC(C)CCCC(C)CCCC(C)C. The number of carbonyl (C=O) groups is 1. The number of allylic oxidation sites excluding steroid dienone is 1. The van der Waals surface area contributed by atoms with Crippen LogP contribution in [-0.4, -0.2) is 59.9 Å². The minimum absolute atomic E-state index is 0.0678. The molecule has 6 nitrogen and oxygen atoms in total. The summed E-state index contributed by atoms with van der Waals surface area (Å²) in [6.07, 6.45) is 10.6. The summed E-state index contributed by atoms with van der Waals surface area (Å²) < 4.78 is 10.1. The summed E-state index contributed by atoms with van der Waals surface area (Å²) in [4.78, 5) is 11.9. The van der Waals surface area contributed by atoms with Crippen LogP contribution in [0.2, 0.25) is 0 Å². The zero-order chi connectivity index (χ0) is 24.4. The number of hydrogen-bond acceptors (Lipinski definition) is 6. The molecule has 32 heavy (non-hydrogen) atoms. The summed E-state index contributed by atoms with van der Waals surface area (Å²) >= 11 is 0. The quantitative estimate of drug-likeness (QED) is 0.182. The Kier molecular flexibility index (Phi) is 18.9. The molecule has 0 aliphatic heterocycles. The summed E-state index contributed by atoms with van der Waals surface area (Å²) in [6.45, 7) is 10.5. The van der Waals surface area contributed by atoms with E-state index in [-0.39, 0.29) is 19.8 Å². The second-order valence-electron chi connectivity index (χ2n) is 10.0. The fraction of sp³-hybridized carbons (Fsp3) is 0.885. The molecule has 0 aliphatic carbocycles. The summed E-state index contributed by atoms with van der Waals surface area (Å²) in [6, 6.07) is 0. The molecule has 0 aromatic carbocycles. The van der Waals surface area contributed by atoms with Crippen molar-refractivity contribution < 1.29 is 29.6 Å². The van der Waals surface area contributed by atoms with E-state index in [4.69, 9.17) is 19.7 Å². The molecule has 3 N–H and O–H groups in total. The Morgan fingerprint density at radius 1 is 0.812 bits per heavy atom. The molecule has 0 spiro atoms. The van der Waals surface area contributed by atoms with Gasteiger partial charge in [-0.05, 0) is 37.5 Å². The Bertz CT molecular complexity index is 491. The molecule has 0 fully saturated rings. The van der Waals surface area contributed by atoms with Crippen molar-refractivity contribution in [3.8, 4) is 0 Å². The number of aliphatic hydroxyl groups excluding tert-OH is 3. The minimum Gasteiger partial charge on any atom is -0.460 e. The molecule has 0 aliphatic rings. The van der Waals surface area contributed by atoms with Crippen molar-refractivity contribution in [3.63, 3.8) is 0 Å². The van der Waals surface area contributed by atoms with Gasteiger partial charge in [-0.1, -0.05) is 78.2 Å². The number of carbonyl (C=O) groups excluding carboxylic acids is 1. The second kappa shape index (κ2) is 19.5. The number of hydrogen-bond donors (Lipinski definition) is 3. The lowest BCUT2D eigenvalue weighted by Gasteiger charge is -2.15. The van der Waals surface area contributed by atoms with Gasteiger partial charge in [-0.15, -0.1) is 0 Å². The fourth-order valence-electron chi connectivity index (χ4n) is 3.64. The van der Waals surface area contributed by atoms with Crippen molar-refractivity contribution in [2.45, 2.75) is 105 Å². The van der Waals surface area contributed by atoms with Crippen LogP contribution in [0.3, 0.4) is 0 Å². The van der Waals surface area contributed by atoms with Crippen LogP contribution in [0.15, 0.2) is 11.6 Å². The summed E-state index contributed by atoms with van der Waals surface area (Å²) in [7, 11) is 0. The van der Waals surface area contributed by atoms with E-state index in [0.29, 0.717) is 5.92 Å². The first-order valence-corrected chi connectivity index (χ1v) is 12.5. The highest BCUT2D eigenvalue weighted by molar-refractivity contribution is 5.82. The van der Waals surface area contributed by atoms with Crippen LogP contribution in [0, 0.1) is 17.8 Å². The first-order valence-electron chi connectivity index (χ1n) is 12.5. The smallest absolute Gasteiger partial charge is 0.330 e. The molecule has 0 rings (SSSR count). The van der Waals surface area contributed by atoms with Crippen molar-refractivity contribution in [3.05, 3.63) is 11.6 Å². The third kappa shape index (κ3) is 19.7. The first-order chi connectivity index (χ1) is 15.1. The van der Waals surface area contributed by atoms with Crippen LogP contribution < -0.4 is 0 Å². The molecule has 4 unspecified atom stereocenters. The van der Waals surface area contributed by atoms with Crippen LogP contribution in [0.4, 0.5) is 0 Å². The van der Waals surface area contributed by atoms with Gasteiger partial charge in [0.2, 0.25) is 0 Å². The van der Waals surface area contributed by atoms with Crippen LogP contribution in [0.5, 0.6) is 0 Å². The van der Waals surface area contributed by atoms with Crippen LogP contribution in [0.25, 0.3) is 0 Å². The lowest BCUT2D eigenvalue weighted by Crippen LogP contribution is -2.27. The second-order valence-corrected chi connectivity index (χ2v) is 10.0. The predicted molar refractivity (Wildman–Crippen MR) is 129 cm³/mol. The van der Waals surface area contributed by atoms with Crippen molar-refractivity contribution in [1.29, 1.82) is 0 Å². The summed E-state index contributed by atoms with van der Waals surface area (Å²) in [5, 5.41) is 27.6. The van der Waals surface area contributed by atoms with Crippen molar-refractivity contribution in [1.82, 2.24) is 0 Å². The van der Waals surface area contributed by atoms with Crippen LogP contribution >= 0.6 is 0 Å². The highest BCUT2D eigenvalue weighted by Gasteiger charge is 2.10. The number of aliphatic hydroxyl groups is 3. The van der Waals surface area contributed by atoms with Gasteiger partial charge in [0.15, 0.2) is 0 Å². The van der Waals surface area contributed by atoms with E-state index in [9.17, 15) is 9.90 Å². The molecule has 0 radical (unpaired) electrons. The highest BCUT2D eigenvalue weighted by atomic mass is 16.5. The summed E-state index contributed by atoms with van der Waals surface area (Å²) in [5.41, 5.74) is 0.984. The molecule has 0 amide bonds. The zero-order valence-corrected chi connectivity index (χ0v) is 21.2. The Hall–Kier alpha value is -0.950. The number of rotatable bonds is 20. The molecule has 0 saturated carbocycles. The average molecular weight is 459 g/mol. The lowest BCUT2D eigenvalue weighted by molar-refractivity contribution is -0.142. The number of ether oxygens (including phenoxy) is 2. The molecule has 190 valence electrons. The molecule has 4 atom stereocenters. The van der Waals surface area contributed by atoms with Crippen molar-refractivity contribution in [2.75, 3.05) is 26.4 Å². The van der Waals surface area contributed by atoms with E-state index in [1.54, 1.807) is 0 Å². The van der Waals surface area contributed by atoms with Gasteiger partial charge in [0, 0.05) is 6.08 Å². The van der Waals surface area contributed by atoms with Crippen molar-refractivity contribution >= 4 is 5.97 Å². The Balaban J connectivity index is 3.85. The maximum Gasteiger partial charge on any atom is 0.330 e. The van der Waals surface area contributed by atoms with Gasteiger partial charge >= 0.3 is 5.97 Å². The van der Waals surface area contributed by atoms with E-state index in [2.05, 4.69) is 27.7 Å². The van der Waals surface area contributed by atoms with E-state index in [1.807, 2.05) is 6.92 Å². The molecular formula is C26H50O6. The van der Waals surface area contributed by atoms with Gasteiger partial charge in [-0.2, -0.15) is 0 Å². The van der Waals surface area contributed by atoms with Crippen LogP contribution in [-0.2, 0) is 14.3 Å². The normalized spacial score (nSPS) is 16.1. The zero-order valence-electron chi connectivity index (χ0n) is 21.2. The van der Waals surface area contributed by atoms with Crippen LogP contribution in [0.1, 0.15) is 92.4 Å². The molecule has 0 aromatic heterocycles. The van der Waals surface area contributed by atoms with Gasteiger partial charge in [-0.3, -0.25) is 0 Å². The van der Waals surface area contributed by atoms with E-state index in [1.165, 1.54) is 44.6 Å². The predicted octanol–water partition coefficient (Wildman–Crippen LogP) is 4.65. The largest absolute Gasteiger partial charge is 0.460 e. The van der Waals surface area contributed by atoms with E-state index in [0.717, 1.165) is 36.7 Å². The van der Waals surface area contributed by atoms with Gasteiger partial charge in [0.25, 0.3) is 0 Å². The van der Waals surface area contributed by atoms with E-state index < -0.39 is 24.8 Å². The fourth-order valence-corrected chi connectivity index (χ4v) is 3.64. The molecule has 0 heterocycles. The summed E-state index contributed by atoms with van der Waals surface area (Å²) in [5.74, 6) is 1.88. The first kappa shape index (κ1) is 31.0.